The van der Waals surface area contributed by atoms with Crippen molar-refractivity contribution >= 4 is 17.8 Å². The van der Waals surface area contributed by atoms with E-state index in [2.05, 4.69) is 17.6 Å². The van der Waals surface area contributed by atoms with Crippen molar-refractivity contribution in [3.8, 4) is 11.5 Å². The molecule has 0 aliphatic rings. The van der Waals surface area contributed by atoms with Gasteiger partial charge in [-0.3, -0.25) is 14.4 Å². The van der Waals surface area contributed by atoms with Crippen LogP contribution in [0.1, 0.15) is 171 Å². The molecular weight excluding hydrogens is 925 g/mol. The Kier molecular flexibility index (Phi) is 35.9. The number of benzene rings is 3. The van der Waals surface area contributed by atoms with Gasteiger partial charge in [-0.05, 0) is 53.8 Å². The Balaban J connectivity index is 1.26. The van der Waals surface area contributed by atoms with E-state index in [-0.39, 0.29) is 44.5 Å². The number of unbranched alkanes of at least 4 members (excludes halogenated alkanes) is 18. The van der Waals surface area contributed by atoms with Crippen LogP contribution < -0.4 is 20.1 Å². The lowest BCUT2D eigenvalue weighted by Crippen LogP contribution is -2.38. The minimum atomic E-state index is -1.14. The Morgan fingerprint density at radius 2 is 0.904 bits per heavy atom. The largest absolute Gasteiger partial charge is 0.497 e. The van der Waals surface area contributed by atoms with Crippen LogP contribution in [0, 0.1) is 0 Å². The molecule has 410 valence electrons. The highest BCUT2D eigenvalue weighted by atomic mass is 16.6. The molecule has 0 spiro atoms. The van der Waals surface area contributed by atoms with Crippen LogP contribution in [-0.2, 0) is 48.4 Å². The Bertz CT molecular complexity index is 1760. The molecule has 0 radical (unpaired) electrons. The van der Waals surface area contributed by atoms with Crippen molar-refractivity contribution in [1.82, 2.24) is 10.6 Å². The van der Waals surface area contributed by atoms with Gasteiger partial charge in [0.15, 0.2) is 0 Å². The zero-order valence-corrected chi connectivity index (χ0v) is 45.4. The van der Waals surface area contributed by atoms with E-state index in [4.69, 9.17) is 37.9 Å². The summed E-state index contributed by atoms with van der Waals surface area (Å²) < 4.78 is 46.9. The van der Waals surface area contributed by atoms with Crippen molar-refractivity contribution in [2.75, 3.05) is 87.3 Å². The topological polar surface area (TPSA) is 149 Å². The van der Waals surface area contributed by atoms with E-state index in [9.17, 15) is 14.4 Å². The van der Waals surface area contributed by atoms with E-state index in [0.717, 1.165) is 36.0 Å². The second-order valence-electron chi connectivity index (χ2n) is 18.8. The molecule has 1 unspecified atom stereocenters. The first-order valence-electron chi connectivity index (χ1n) is 27.8. The molecule has 13 heteroatoms. The third-order valence-electron chi connectivity index (χ3n) is 13.0. The number of esters is 1. The first-order chi connectivity index (χ1) is 35.9. The van der Waals surface area contributed by atoms with Crippen molar-refractivity contribution in [1.29, 1.82) is 0 Å². The number of hydrogen-bond donors (Lipinski definition) is 2. The first-order valence-corrected chi connectivity index (χ1v) is 27.8. The summed E-state index contributed by atoms with van der Waals surface area (Å²) in [6.45, 7) is 5.67. The van der Waals surface area contributed by atoms with E-state index in [1.165, 1.54) is 116 Å². The molecule has 0 fully saturated rings. The molecule has 0 heterocycles. The number of carbonyl (C=O) groups is 3. The molecule has 73 heavy (non-hydrogen) atoms. The fraction of sp³-hybridized carbons (Fsp3) is 0.650. The zero-order valence-electron chi connectivity index (χ0n) is 45.4. The van der Waals surface area contributed by atoms with Crippen molar-refractivity contribution in [2.24, 2.45) is 0 Å². The average Bonchev–Trinajstić information content (AvgIpc) is 3.42. The fourth-order valence-corrected chi connectivity index (χ4v) is 8.72. The number of hydrogen-bond acceptors (Lipinski definition) is 11. The predicted molar refractivity (Wildman–Crippen MR) is 290 cm³/mol. The maximum atomic E-state index is 13.0. The summed E-state index contributed by atoms with van der Waals surface area (Å²) in [6.07, 6.45) is 26.0. The molecule has 2 N–H and O–H groups in total. The van der Waals surface area contributed by atoms with Gasteiger partial charge in [0, 0.05) is 33.0 Å². The average molecular weight is 1020 g/mol. The normalized spacial score (nSPS) is 11.8. The summed E-state index contributed by atoms with van der Waals surface area (Å²) in [6, 6.07) is 25.2. The van der Waals surface area contributed by atoms with Crippen LogP contribution in [0.3, 0.4) is 0 Å². The summed E-state index contributed by atoms with van der Waals surface area (Å²) in [4.78, 5) is 37.2. The highest BCUT2D eigenvalue weighted by molar-refractivity contribution is 5.81. The molecule has 0 aliphatic heterocycles. The van der Waals surface area contributed by atoms with Gasteiger partial charge in [-0.1, -0.05) is 177 Å². The third kappa shape index (κ3) is 28.1. The van der Waals surface area contributed by atoms with Gasteiger partial charge in [-0.2, -0.15) is 0 Å². The lowest BCUT2D eigenvalue weighted by atomic mass is 9.80. The van der Waals surface area contributed by atoms with E-state index in [0.29, 0.717) is 64.1 Å². The van der Waals surface area contributed by atoms with Gasteiger partial charge in [0.2, 0.25) is 11.8 Å². The molecule has 0 aliphatic carbocycles. The molecule has 0 saturated carbocycles. The lowest BCUT2D eigenvalue weighted by molar-refractivity contribution is -0.160. The lowest BCUT2D eigenvalue weighted by Gasteiger charge is -2.37. The molecular formula is C60H94N2O11. The van der Waals surface area contributed by atoms with E-state index in [1.807, 2.05) is 78.9 Å². The van der Waals surface area contributed by atoms with Crippen LogP contribution in [0.25, 0.3) is 0 Å². The van der Waals surface area contributed by atoms with Crippen LogP contribution in [0.5, 0.6) is 11.5 Å². The van der Waals surface area contributed by atoms with Gasteiger partial charge in [-0.25, -0.2) is 0 Å². The van der Waals surface area contributed by atoms with Crippen LogP contribution in [0.4, 0.5) is 0 Å². The second kappa shape index (κ2) is 41.8. The molecule has 3 rings (SSSR count). The molecule has 3 aromatic carbocycles. The van der Waals surface area contributed by atoms with Gasteiger partial charge in [0.1, 0.15) is 23.2 Å². The van der Waals surface area contributed by atoms with Gasteiger partial charge in [0.25, 0.3) is 0 Å². The summed E-state index contributed by atoms with van der Waals surface area (Å²) in [5, 5.41) is 5.56. The first kappa shape index (κ1) is 62.8. The number of ether oxygens (including phenoxy) is 8. The number of methoxy groups -OCH3 is 2. The smallest absolute Gasteiger partial charge is 0.306 e. The molecule has 0 aromatic heterocycles. The van der Waals surface area contributed by atoms with Crippen molar-refractivity contribution in [3.05, 3.63) is 95.6 Å². The molecule has 3 aromatic rings. The summed E-state index contributed by atoms with van der Waals surface area (Å²) in [5.41, 5.74) is 1.38. The predicted octanol–water partition coefficient (Wildman–Crippen LogP) is 11.8. The number of amides is 2. The highest BCUT2D eigenvalue weighted by Crippen LogP contribution is 2.42. The van der Waals surface area contributed by atoms with E-state index in [1.54, 1.807) is 14.2 Å². The monoisotopic (exact) mass is 1020 g/mol. The van der Waals surface area contributed by atoms with Gasteiger partial charge < -0.3 is 48.5 Å². The molecule has 2 amide bonds. The fourth-order valence-electron chi connectivity index (χ4n) is 8.72. The maximum Gasteiger partial charge on any atom is 0.306 e. The highest BCUT2D eigenvalue weighted by Gasteiger charge is 2.39. The molecule has 0 bridgehead atoms. The molecule has 0 saturated heterocycles. The van der Waals surface area contributed by atoms with Gasteiger partial charge in [0.05, 0.1) is 73.5 Å². The SMILES string of the molecule is CCCCCCCCCCCCCCCCCCCCCC(=O)NCCCOCCOCCOCCOCC(COC(c1ccccc1)(c1ccc(OC)cc1)c1ccc(OC)cc1)OC(=O)CCC(=O)NC. The van der Waals surface area contributed by atoms with Crippen LogP contribution >= 0.6 is 0 Å². The van der Waals surface area contributed by atoms with Crippen LogP contribution in [0.2, 0.25) is 0 Å². The third-order valence-corrected chi connectivity index (χ3v) is 13.0. The minimum absolute atomic E-state index is 0.00316. The van der Waals surface area contributed by atoms with Crippen LogP contribution in [0.15, 0.2) is 78.9 Å². The van der Waals surface area contributed by atoms with E-state index < -0.39 is 17.7 Å². The standard InChI is InChI=1S/C60H94N2O11/c1-5-6-7-8-9-10-11-12-13-14-15-16-17-18-19-20-21-22-26-30-58(64)62-41-27-42-68-43-44-69-45-46-70-47-48-71-49-56(73-59(65)40-39-57(63)61-2)50-72-60(51-28-24-23-25-29-51,52-31-35-54(66-3)36-32-52)53-33-37-55(67-4)38-34-53/h23-25,28-29,31-38,56H,5-22,26-27,30,39-50H2,1-4H3,(H,61,63)(H,62,64). The summed E-state index contributed by atoms with van der Waals surface area (Å²) in [5.74, 6) is 0.716. The van der Waals surface area contributed by atoms with Crippen molar-refractivity contribution in [2.45, 2.75) is 166 Å². The van der Waals surface area contributed by atoms with Gasteiger partial charge >= 0.3 is 5.97 Å². The second-order valence-corrected chi connectivity index (χ2v) is 18.8. The Morgan fingerprint density at radius 1 is 0.466 bits per heavy atom. The summed E-state index contributed by atoms with van der Waals surface area (Å²) in [7, 11) is 4.76. The number of nitrogens with one attached hydrogen (secondary N) is 2. The quantitative estimate of drug-likeness (QED) is 0.0316. The number of rotatable bonds is 47. The Morgan fingerprint density at radius 3 is 1.37 bits per heavy atom. The minimum Gasteiger partial charge on any atom is -0.497 e. The summed E-state index contributed by atoms with van der Waals surface area (Å²) >= 11 is 0. The van der Waals surface area contributed by atoms with Crippen molar-refractivity contribution < 1.29 is 52.3 Å². The zero-order chi connectivity index (χ0) is 52.3. The Labute approximate surface area is 439 Å². The Hall–Kier alpha value is -4.53. The maximum absolute atomic E-state index is 13.0. The molecule has 13 nitrogen and oxygen atoms in total. The van der Waals surface area contributed by atoms with Gasteiger partial charge in [-0.15, -0.1) is 0 Å². The van der Waals surface area contributed by atoms with Crippen molar-refractivity contribution in [3.63, 3.8) is 0 Å². The number of carbonyl (C=O) groups excluding carboxylic acids is 3. The molecule has 1 atom stereocenters. The van der Waals surface area contributed by atoms with Crippen LogP contribution in [-0.4, -0.2) is 111 Å². The van der Waals surface area contributed by atoms with E-state index >= 15 is 0 Å².